The number of anilines is 1. The molecule has 0 spiro atoms. The number of aliphatic hydroxyl groups excluding tert-OH is 1. The zero-order valence-corrected chi connectivity index (χ0v) is 13.9. The first-order valence-electron chi connectivity index (χ1n) is 8.49. The van der Waals surface area contributed by atoms with Gasteiger partial charge in [-0.15, -0.1) is 0 Å². The van der Waals surface area contributed by atoms with Crippen LogP contribution in [0.5, 0.6) is 0 Å². The van der Waals surface area contributed by atoms with E-state index in [4.69, 9.17) is 0 Å². The van der Waals surface area contributed by atoms with Crippen molar-refractivity contribution in [2.45, 2.75) is 38.0 Å². The molecule has 0 aliphatic carbocycles. The van der Waals surface area contributed by atoms with E-state index in [2.05, 4.69) is 5.32 Å². The molecular weight excluding hydrogens is 300 g/mol. The smallest absolute Gasteiger partial charge is 0.224 e. The van der Waals surface area contributed by atoms with Gasteiger partial charge in [-0.1, -0.05) is 48.5 Å². The van der Waals surface area contributed by atoms with Crippen LogP contribution in [0, 0.1) is 0 Å². The van der Waals surface area contributed by atoms with Crippen molar-refractivity contribution < 1.29 is 9.90 Å². The summed E-state index contributed by atoms with van der Waals surface area (Å²) in [6.07, 6.45) is 0.682. The summed E-state index contributed by atoms with van der Waals surface area (Å²) in [4.78, 5) is 14.4. The second-order valence-corrected chi connectivity index (χ2v) is 6.38. The highest BCUT2D eigenvalue weighted by Crippen LogP contribution is 2.25. The number of benzene rings is 2. The quantitative estimate of drug-likeness (QED) is 0.888. The number of nitrogens with zero attached hydrogens (tertiary/aromatic N) is 1. The molecule has 2 N–H and O–H groups in total. The topological polar surface area (TPSA) is 52.6 Å². The Hall–Kier alpha value is -2.33. The summed E-state index contributed by atoms with van der Waals surface area (Å²) in [6.45, 7) is 2.58. The zero-order valence-electron chi connectivity index (χ0n) is 13.9. The van der Waals surface area contributed by atoms with Gasteiger partial charge in [-0.05, 0) is 31.0 Å². The van der Waals surface area contributed by atoms with Gasteiger partial charge in [-0.3, -0.25) is 4.79 Å². The SMILES string of the molecule is C[C@H]([C@H](O)c1ccccc1)N1CC[C@@H](Nc2ccccc2)CC1=O. The summed E-state index contributed by atoms with van der Waals surface area (Å²) >= 11 is 0. The van der Waals surface area contributed by atoms with Crippen molar-refractivity contribution >= 4 is 11.6 Å². The molecule has 1 fully saturated rings. The van der Waals surface area contributed by atoms with Crippen molar-refractivity contribution in [1.82, 2.24) is 4.90 Å². The van der Waals surface area contributed by atoms with Crippen molar-refractivity contribution in [1.29, 1.82) is 0 Å². The summed E-state index contributed by atoms with van der Waals surface area (Å²) < 4.78 is 0. The van der Waals surface area contributed by atoms with Crippen molar-refractivity contribution in [2.75, 3.05) is 11.9 Å². The van der Waals surface area contributed by atoms with Crippen LogP contribution in [0.4, 0.5) is 5.69 Å². The highest BCUT2D eigenvalue weighted by molar-refractivity contribution is 5.78. The van der Waals surface area contributed by atoms with Gasteiger partial charge in [0.1, 0.15) is 0 Å². The molecule has 3 atom stereocenters. The largest absolute Gasteiger partial charge is 0.386 e. The lowest BCUT2D eigenvalue weighted by Gasteiger charge is -2.38. The second-order valence-electron chi connectivity index (χ2n) is 6.38. The average molecular weight is 324 g/mol. The number of amides is 1. The molecule has 1 amide bonds. The Bertz CT molecular complexity index is 660. The van der Waals surface area contributed by atoms with Crippen LogP contribution >= 0.6 is 0 Å². The molecule has 2 aromatic rings. The van der Waals surface area contributed by atoms with E-state index >= 15 is 0 Å². The van der Waals surface area contributed by atoms with Gasteiger partial charge in [0.15, 0.2) is 0 Å². The molecule has 1 aliphatic heterocycles. The number of aliphatic hydroxyl groups is 1. The minimum absolute atomic E-state index is 0.0946. The van der Waals surface area contributed by atoms with Crippen LogP contribution in [-0.4, -0.2) is 34.5 Å². The monoisotopic (exact) mass is 324 g/mol. The molecule has 1 aliphatic rings. The average Bonchev–Trinajstić information content (AvgIpc) is 2.62. The lowest BCUT2D eigenvalue weighted by Crippen LogP contribution is -2.49. The fourth-order valence-corrected chi connectivity index (χ4v) is 3.27. The van der Waals surface area contributed by atoms with E-state index in [1.165, 1.54) is 0 Å². The molecule has 0 radical (unpaired) electrons. The Kier molecular flexibility index (Phi) is 5.16. The molecule has 0 saturated carbocycles. The van der Waals surface area contributed by atoms with E-state index in [1.807, 2.05) is 67.6 Å². The predicted molar refractivity (Wildman–Crippen MR) is 95.7 cm³/mol. The van der Waals surface area contributed by atoms with Crippen LogP contribution in [0.25, 0.3) is 0 Å². The number of likely N-dealkylation sites (tertiary alicyclic amines) is 1. The Morgan fingerprint density at radius 2 is 1.71 bits per heavy atom. The normalized spacial score (nSPS) is 20.5. The molecule has 3 rings (SSSR count). The third-order valence-electron chi connectivity index (χ3n) is 4.69. The lowest BCUT2D eigenvalue weighted by molar-refractivity contribution is -0.138. The number of para-hydroxylation sites is 1. The van der Waals surface area contributed by atoms with E-state index in [1.54, 1.807) is 4.90 Å². The standard InChI is InChI=1S/C20H24N2O2/c1-15(20(24)16-8-4-2-5-9-16)22-13-12-18(14-19(22)23)21-17-10-6-3-7-11-17/h2-11,15,18,20-21,24H,12-14H2,1H3/t15-,18-,20+/m1/s1. The first kappa shape index (κ1) is 16.5. The lowest BCUT2D eigenvalue weighted by atomic mass is 9.97. The third kappa shape index (κ3) is 3.77. The minimum atomic E-state index is -0.659. The maximum Gasteiger partial charge on any atom is 0.224 e. The van der Waals surface area contributed by atoms with E-state index in [0.717, 1.165) is 17.7 Å². The number of carbonyl (C=O) groups is 1. The van der Waals surface area contributed by atoms with E-state index in [-0.39, 0.29) is 18.0 Å². The Morgan fingerprint density at radius 1 is 1.08 bits per heavy atom. The molecule has 126 valence electrons. The van der Waals surface area contributed by atoms with Crippen molar-refractivity contribution in [3.05, 3.63) is 66.2 Å². The van der Waals surface area contributed by atoms with Gasteiger partial charge in [0.05, 0.1) is 12.1 Å². The molecule has 0 aromatic heterocycles. The Balaban J connectivity index is 1.60. The van der Waals surface area contributed by atoms with E-state index in [0.29, 0.717) is 13.0 Å². The minimum Gasteiger partial charge on any atom is -0.386 e. The number of hydrogen-bond acceptors (Lipinski definition) is 3. The fourth-order valence-electron chi connectivity index (χ4n) is 3.27. The van der Waals surface area contributed by atoms with Gasteiger partial charge < -0.3 is 15.3 Å². The third-order valence-corrected chi connectivity index (χ3v) is 4.69. The fraction of sp³-hybridized carbons (Fsp3) is 0.350. The molecule has 0 unspecified atom stereocenters. The van der Waals surface area contributed by atoms with Gasteiger partial charge in [0, 0.05) is 24.7 Å². The zero-order chi connectivity index (χ0) is 16.9. The van der Waals surface area contributed by atoms with Gasteiger partial charge in [-0.2, -0.15) is 0 Å². The highest BCUT2D eigenvalue weighted by atomic mass is 16.3. The van der Waals surface area contributed by atoms with Crippen molar-refractivity contribution in [3.63, 3.8) is 0 Å². The number of nitrogens with one attached hydrogen (secondary N) is 1. The van der Waals surface area contributed by atoms with Crippen molar-refractivity contribution in [2.24, 2.45) is 0 Å². The molecular formula is C20H24N2O2. The summed E-state index contributed by atoms with van der Waals surface area (Å²) in [5, 5.41) is 14.0. The van der Waals surface area contributed by atoms with Crippen LogP contribution in [0.3, 0.4) is 0 Å². The molecule has 1 heterocycles. The summed E-state index contributed by atoms with van der Waals surface area (Å²) in [6, 6.07) is 19.4. The van der Waals surface area contributed by atoms with Crippen LogP contribution in [0.15, 0.2) is 60.7 Å². The van der Waals surface area contributed by atoms with Crippen molar-refractivity contribution in [3.8, 4) is 0 Å². The molecule has 1 saturated heterocycles. The van der Waals surface area contributed by atoms with Crippen LogP contribution < -0.4 is 5.32 Å². The van der Waals surface area contributed by atoms with E-state index in [9.17, 15) is 9.90 Å². The predicted octanol–water partition coefficient (Wildman–Crippen LogP) is 3.21. The Morgan fingerprint density at radius 3 is 2.33 bits per heavy atom. The van der Waals surface area contributed by atoms with Gasteiger partial charge in [0.2, 0.25) is 5.91 Å². The molecule has 4 nitrogen and oxygen atoms in total. The maximum absolute atomic E-state index is 12.5. The van der Waals surface area contributed by atoms with Gasteiger partial charge in [0.25, 0.3) is 0 Å². The number of rotatable bonds is 5. The maximum atomic E-state index is 12.5. The number of hydrogen-bond donors (Lipinski definition) is 2. The highest BCUT2D eigenvalue weighted by Gasteiger charge is 2.32. The first-order valence-corrected chi connectivity index (χ1v) is 8.49. The molecule has 0 bridgehead atoms. The van der Waals surface area contributed by atoms with E-state index < -0.39 is 6.10 Å². The summed E-state index contributed by atoms with van der Waals surface area (Å²) in [7, 11) is 0. The number of piperidine rings is 1. The van der Waals surface area contributed by atoms with Crippen LogP contribution in [0.1, 0.15) is 31.4 Å². The molecule has 24 heavy (non-hydrogen) atoms. The first-order chi connectivity index (χ1) is 11.6. The van der Waals surface area contributed by atoms with Crippen LogP contribution in [-0.2, 0) is 4.79 Å². The molecule has 4 heteroatoms. The van der Waals surface area contributed by atoms with Gasteiger partial charge >= 0.3 is 0 Å². The molecule has 2 aromatic carbocycles. The van der Waals surface area contributed by atoms with Crippen LogP contribution in [0.2, 0.25) is 0 Å². The summed E-state index contributed by atoms with van der Waals surface area (Å²) in [5.74, 6) is 0.0946. The Labute approximate surface area is 143 Å². The second kappa shape index (κ2) is 7.49. The summed E-state index contributed by atoms with van der Waals surface area (Å²) in [5.41, 5.74) is 1.89. The number of carbonyl (C=O) groups excluding carboxylic acids is 1. The van der Waals surface area contributed by atoms with Gasteiger partial charge in [-0.25, -0.2) is 0 Å².